The summed E-state index contributed by atoms with van der Waals surface area (Å²) in [5.41, 5.74) is 0. The molecule has 2 N–H and O–H groups in total. The highest BCUT2D eigenvalue weighted by atomic mass is 32.2. The first-order chi connectivity index (χ1) is 5.34. The van der Waals surface area contributed by atoms with Crippen molar-refractivity contribution in [3.05, 3.63) is 0 Å². The summed E-state index contributed by atoms with van der Waals surface area (Å²) in [5.74, 6) is 2.95. The van der Waals surface area contributed by atoms with Crippen molar-refractivity contribution in [3.63, 3.8) is 0 Å². The maximum atomic E-state index is 9.60. The maximum absolute atomic E-state index is 9.60. The molecule has 0 aromatic carbocycles. The molecule has 0 bridgehead atoms. The molecule has 3 heteroatoms. The zero-order valence-corrected chi connectivity index (χ0v) is 7.86. The van der Waals surface area contributed by atoms with Gasteiger partial charge >= 0.3 is 0 Å². The SMILES string of the molecule is CNCC(O)C1CCCSC1. The molecule has 0 spiro atoms. The average molecular weight is 175 g/mol. The number of aliphatic hydroxyl groups is 1. The number of aliphatic hydroxyl groups excluding tert-OH is 1. The molecule has 0 aromatic rings. The number of likely N-dealkylation sites (N-methyl/N-ethyl adjacent to an activating group) is 1. The van der Waals surface area contributed by atoms with E-state index in [0.29, 0.717) is 5.92 Å². The quantitative estimate of drug-likeness (QED) is 0.662. The summed E-state index contributed by atoms with van der Waals surface area (Å²) in [6, 6.07) is 0. The summed E-state index contributed by atoms with van der Waals surface area (Å²) in [6.07, 6.45) is 2.35. The van der Waals surface area contributed by atoms with Crippen LogP contribution in [0.25, 0.3) is 0 Å². The summed E-state index contributed by atoms with van der Waals surface area (Å²) >= 11 is 1.97. The molecule has 0 aliphatic carbocycles. The summed E-state index contributed by atoms with van der Waals surface area (Å²) in [7, 11) is 1.89. The largest absolute Gasteiger partial charge is 0.391 e. The topological polar surface area (TPSA) is 32.3 Å². The minimum atomic E-state index is -0.132. The smallest absolute Gasteiger partial charge is 0.0700 e. The molecule has 2 atom stereocenters. The second-order valence-electron chi connectivity index (χ2n) is 3.10. The molecular weight excluding hydrogens is 158 g/mol. The van der Waals surface area contributed by atoms with Crippen molar-refractivity contribution in [1.82, 2.24) is 5.32 Å². The van der Waals surface area contributed by atoms with Crippen LogP contribution in [0.1, 0.15) is 12.8 Å². The highest BCUT2D eigenvalue weighted by molar-refractivity contribution is 7.99. The van der Waals surface area contributed by atoms with Crippen LogP contribution in [0.3, 0.4) is 0 Å². The van der Waals surface area contributed by atoms with Crippen LogP contribution < -0.4 is 5.32 Å². The van der Waals surface area contributed by atoms with Gasteiger partial charge in [0.05, 0.1) is 6.10 Å². The molecule has 1 rings (SSSR count). The van der Waals surface area contributed by atoms with E-state index in [4.69, 9.17) is 0 Å². The average Bonchev–Trinajstić information content (AvgIpc) is 2.07. The molecule has 1 saturated heterocycles. The van der Waals surface area contributed by atoms with E-state index in [1.54, 1.807) is 0 Å². The van der Waals surface area contributed by atoms with Crippen molar-refractivity contribution >= 4 is 11.8 Å². The lowest BCUT2D eigenvalue weighted by Crippen LogP contribution is -2.33. The van der Waals surface area contributed by atoms with Crippen molar-refractivity contribution < 1.29 is 5.11 Å². The van der Waals surface area contributed by atoms with E-state index in [0.717, 1.165) is 12.3 Å². The third-order valence-corrected chi connectivity index (χ3v) is 3.39. The van der Waals surface area contributed by atoms with Crippen LogP contribution in [0.4, 0.5) is 0 Å². The minimum Gasteiger partial charge on any atom is -0.391 e. The van der Waals surface area contributed by atoms with Gasteiger partial charge < -0.3 is 10.4 Å². The van der Waals surface area contributed by atoms with E-state index >= 15 is 0 Å². The molecule has 0 radical (unpaired) electrons. The number of rotatable bonds is 3. The molecule has 1 heterocycles. The fraction of sp³-hybridized carbons (Fsp3) is 1.00. The lowest BCUT2D eigenvalue weighted by Gasteiger charge is -2.25. The Bertz CT molecular complexity index is 104. The first-order valence-corrected chi connectivity index (χ1v) is 5.40. The normalized spacial score (nSPS) is 28.4. The Balaban J connectivity index is 2.21. The molecule has 0 aromatic heterocycles. The lowest BCUT2D eigenvalue weighted by molar-refractivity contribution is 0.113. The van der Waals surface area contributed by atoms with Gasteiger partial charge in [-0.1, -0.05) is 0 Å². The zero-order chi connectivity index (χ0) is 8.10. The number of hydrogen-bond acceptors (Lipinski definition) is 3. The molecule has 1 aliphatic heterocycles. The Morgan fingerprint density at radius 2 is 2.55 bits per heavy atom. The van der Waals surface area contributed by atoms with Crippen LogP contribution in [0.15, 0.2) is 0 Å². The Labute approximate surface area is 72.8 Å². The lowest BCUT2D eigenvalue weighted by atomic mass is 9.99. The predicted molar refractivity (Wildman–Crippen MR) is 50.0 cm³/mol. The standard InChI is InChI=1S/C8H17NOS/c1-9-5-8(10)7-3-2-4-11-6-7/h7-10H,2-6H2,1H3. The molecular formula is C8H17NOS. The third-order valence-electron chi connectivity index (χ3n) is 2.15. The van der Waals surface area contributed by atoms with E-state index < -0.39 is 0 Å². The maximum Gasteiger partial charge on any atom is 0.0700 e. The first kappa shape index (κ1) is 9.36. The summed E-state index contributed by atoms with van der Waals surface area (Å²) < 4.78 is 0. The Hall–Kier alpha value is 0.270. The molecule has 0 amide bonds. The highest BCUT2D eigenvalue weighted by Crippen LogP contribution is 2.24. The van der Waals surface area contributed by atoms with Gasteiger partial charge in [0.2, 0.25) is 0 Å². The fourth-order valence-corrected chi connectivity index (χ4v) is 2.67. The zero-order valence-electron chi connectivity index (χ0n) is 7.05. The summed E-state index contributed by atoms with van der Waals surface area (Å²) in [4.78, 5) is 0. The van der Waals surface area contributed by atoms with Crippen LogP contribution in [0.5, 0.6) is 0 Å². The second kappa shape index (κ2) is 5.01. The van der Waals surface area contributed by atoms with Gasteiger partial charge in [-0.15, -0.1) is 0 Å². The van der Waals surface area contributed by atoms with Gasteiger partial charge in [0.1, 0.15) is 0 Å². The highest BCUT2D eigenvalue weighted by Gasteiger charge is 2.20. The van der Waals surface area contributed by atoms with E-state index in [9.17, 15) is 5.11 Å². The number of hydrogen-bond donors (Lipinski definition) is 2. The van der Waals surface area contributed by atoms with Crippen LogP contribution in [-0.2, 0) is 0 Å². The van der Waals surface area contributed by atoms with Gasteiger partial charge in [-0.2, -0.15) is 11.8 Å². The summed E-state index contributed by atoms with van der Waals surface area (Å²) in [5, 5.41) is 12.6. The van der Waals surface area contributed by atoms with Crippen molar-refractivity contribution in [3.8, 4) is 0 Å². The van der Waals surface area contributed by atoms with Crippen LogP contribution >= 0.6 is 11.8 Å². The van der Waals surface area contributed by atoms with Gasteiger partial charge in [-0.25, -0.2) is 0 Å². The van der Waals surface area contributed by atoms with E-state index in [1.807, 2.05) is 18.8 Å². The Kier molecular flexibility index (Phi) is 4.26. The van der Waals surface area contributed by atoms with Crippen LogP contribution in [0, 0.1) is 5.92 Å². The predicted octanol–water partition coefficient (Wildman–Crippen LogP) is 0.710. The van der Waals surface area contributed by atoms with Crippen molar-refractivity contribution in [2.24, 2.45) is 5.92 Å². The molecule has 2 nitrogen and oxygen atoms in total. The van der Waals surface area contributed by atoms with E-state index in [1.165, 1.54) is 18.6 Å². The Morgan fingerprint density at radius 3 is 3.09 bits per heavy atom. The number of thioether (sulfide) groups is 1. The monoisotopic (exact) mass is 175 g/mol. The van der Waals surface area contributed by atoms with E-state index in [-0.39, 0.29) is 6.10 Å². The molecule has 2 unspecified atom stereocenters. The fourth-order valence-electron chi connectivity index (χ4n) is 1.44. The van der Waals surface area contributed by atoms with Crippen molar-refractivity contribution in [1.29, 1.82) is 0 Å². The first-order valence-electron chi connectivity index (χ1n) is 4.25. The third kappa shape index (κ3) is 3.01. The van der Waals surface area contributed by atoms with Gasteiger partial charge in [-0.05, 0) is 37.3 Å². The van der Waals surface area contributed by atoms with Gasteiger partial charge in [0, 0.05) is 6.54 Å². The molecule has 1 fully saturated rings. The minimum absolute atomic E-state index is 0.132. The van der Waals surface area contributed by atoms with Crippen LogP contribution in [-0.4, -0.2) is 36.3 Å². The van der Waals surface area contributed by atoms with Crippen molar-refractivity contribution in [2.75, 3.05) is 25.1 Å². The molecule has 1 aliphatic rings. The van der Waals surface area contributed by atoms with E-state index in [2.05, 4.69) is 5.32 Å². The number of nitrogens with one attached hydrogen (secondary N) is 1. The molecule has 66 valence electrons. The summed E-state index contributed by atoms with van der Waals surface area (Å²) in [6.45, 7) is 0.741. The van der Waals surface area contributed by atoms with Gasteiger partial charge in [-0.3, -0.25) is 0 Å². The van der Waals surface area contributed by atoms with Crippen molar-refractivity contribution in [2.45, 2.75) is 18.9 Å². The van der Waals surface area contributed by atoms with Gasteiger partial charge in [0.25, 0.3) is 0 Å². The molecule has 11 heavy (non-hydrogen) atoms. The van der Waals surface area contributed by atoms with Crippen LogP contribution in [0.2, 0.25) is 0 Å². The van der Waals surface area contributed by atoms with Gasteiger partial charge in [0.15, 0.2) is 0 Å². The Morgan fingerprint density at radius 1 is 1.73 bits per heavy atom. The molecule has 0 saturated carbocycles. The second-order valence-corrected chi connectivity index (χ2v) is 4.25.